The van der Waals surface area contributed by atoms with E-state index >= 15 is 0 Å². The first-order valence-corrected chi connectivity index (χ1v) is 11.5. The van der Waals surface area contributed by atoms with Crippen LogP contribution in [0.5, 0.6) is 0 Å². The SMILES string of the molecule is C=CC(=O)N1CCCC(NC(=O)c2sc3nccc4c3c2NC(=O)N4C(C)C)C1.CC. The zero-order valence-electron chi connectivity index (χ0n) is 18.4. The van der Waals surface area contributed by atoms with Crippen LogP contribution in [0.1, 0.15) is 50.2 Å². The van der Waals surface area contributed by atoms with E-state index in [2.05, 4.69) is 22.2 Å². The van der Waals surface area contributed by atoms with Crippen molar-refractivity contribution in [2.24, 2.45) is 0 Å². The highest BCUT2D eigenvalue weighted by atomic mass is 32.1. The van der Waals surface area contributed by atoms with Crippen molar-refractivity contribution in [2.75, 3.05) is 23.3 Å². The van der Waals surface area contributed by atoms with Gasteiger partial charge in [0.1, 0.15) is 9.71 Å². The fourth-order valence-corrected chi connectivity index (χ4v) is 4.97. The first kappa shape index (κ1) is 22.7. The number of urea groups is 1. The average molecular weight is 444 g/mol. The molecule has 4 rings (SSSR count). The first-order valence-electron chi connectivity index (χ1n) is 10.6. The van der Waals surface area contributed by atoms with Crippen molar-refractivity contribution in [2.45, 2.75) is 52.6 Å². The second-order valence-electron chi connectivity index (χ2n) is 7.51. The molecular formula is C22H29N5O3S. The molecule has 1 saturated heterocycles. The fourth-order valence-electron chi connectivity index (χ4n) is 3.95. The fraction of sp³-hybridized carbons (Fsp3) is 0.455. The predicted octanol–water partition coefficient (Wildman–Crippen LogP) is 3.99. The van der Waals surface area contributed by atoms with Crippen molar-refractivity contribution >= 4 is 50.8 Å². The number of nitrogens with zero attached hydrogens (tertiary/aromatic N) is 3. The van der Waals surface area contributed by atoms with Crippen molar-refractivity contribution in [1.29, 1.82) is 0 Å². The largest absolute Gasteiger partial charge is 0.347 e. The van der Waals surface area contributed by atoms with Crippen LogP contribution in [0.15, 0.2) is 24.9 Å². The van der Waals surface area contributed by atoms with Crippen LogP contribution in [0.2, 0.25) is 0 Å². The van der Waals surface area contributed by atoms with Gasteiger partial charge in [-0.3, -0.25) is 14.5 Å². The second-order valence-corrected chi connectivity index (χ2v) is 8.51. The van der Waals surface area contributed by atoms with Crippen LogP contribution in [-0.4, -0.2) is 52.9 Å². The maximum absolute atomic E-state index is 13.0. The Morgan fingerprint density at radius 1 is 1.39 bits per heavy atom. The molecule has 0 saturated carbocycles. The van der Waals surface area contributed by atoms with Crippen LogP contribution in [0.4, 0.5) is 16.2 Å². The molecule has 166 valence electrons. The summed E-state index contributed by atoms with van der Waals surface area (Å²) in [5, 5.41) is 6.69. The van der Waals surface area contributed by atoms with Gasteiger partial charge in [0, 0.05) is 31.4 Å². The number of carbonyl (C=O) groups excluding carboxylic acids is 3. The van der Waals surface area contributed by atoms with Crippen molar-refractivity contribution < 1.29 is 14.4 Å². The maximum atomic E-state index is 13.0. The molecule has 1 fully saturated rings. The summed E-state index contributed by atoms with van der Waals surface area (Å²) in [6, 6.07) is 1.38. The van der Waals surface area contributed by atoms with Gasteiger partial charge in [0.05, 0.1) is 16.8 Å². The lowest BCUT2D eigenvalue weighted by atomic mass is 10.1. The van der Waals surface area contributed by atoms with Crippen molar-refractivity contribution in [3.8, 4) is 0 Å². The van der Waals surface area contributed by atoms with Crippen LogP contribution in [0.3, 0.4) is 0 Å². The van der Waals surface area contributed by atoms with E-state index in [0.29, 0.717) is 28.5 Å². The van der Waals surface area contributed by atoms with E-state index < -0.39 is 0 Å². The van der Waals surface area contributed by atoms with Gasteiger partial charge in [0.25, 0.3) is 5.91 Å². The van der Waals surface area contributed by atoms with E-state index in [1.165, 1.54) is 17.4 Å². The van der Waals surface area contributed by atoms with Gasteiger partial charge < -0.3 is 15.5 Å². The molecule has 4 heterocycles. The summed E-state index contributed by atoms with van der Waals surface area (Å²) < 4.78 is 0. The van der Waals surface area contributed by atoms with Crippen molar-refractivity contribution in [3.63, 3.8) is 0 Å². The Balaban J connectivity index is 0.00000132. The Bertz CT molecular complexity index is 1020. The second kappa shape index (κ2) is 9.47. The van der Waals surface area contributed by atoms with Gasteiger partial charge in [-0.05, 0) is 38.8 Å². The summed E-state index contributed by atoms with van der Waals surface area (Å²) in [6.45, 7) is 12.5. The molecule has 2 aliphatic rings. The Morgan fingerprint density at radius 2 is 2.13 bits per heavy atom. The third-order valence-electron chi connectivity index (χ3n) is 5.25. The lowest BCUT2D eigenvalue weighted by Gasteiger charge is -2.33. The molecule has 1 atom stereocenters. The normalized spacial score (nSPS) is 17.7. The molecule has 2 aliphatic heterocycles. The molecule has 2 aromatic heterocycles. The van der Waals surface area contributed by atoms with Gasteiger partial charge in [-0.15, -0.1) is 11.3 Å². The van der Waals surface area contributed by atoms with Gasteiger partial charge in [-0.25, -0.2) is 9.78 Å². The summed E-state index contributed by atoms with van der Waals surface area (Å²) in [5.74, 6) is -0.388. The maximum Gasteiger partial charge on any atom is 0.326 e. The lowest BCUT2D eigenvalue weighted by molar-refractivity contribution is -0.127. The summed E-state index contributed by atoms with van der Waals surface area (Å²) in [5.41, 5.74) is 1.28. The average Bonchev–Trinajstić information content (AvgIpc) is 3.14. The number of amides is 4. The van der Waals surface area contributed by atoms with Gasteiger partial charge in [0.15, 0.2) is 0 Å². The standard InChI is InChI=1S/C20H23N5O3S.C2H6/c1-4-14(26)24-9-5-6-12(10-24)22-18(27)17-16-15-13(7-8-21-19(15)29-17)25(11(2)3)20(28)23-16;1-2/h4,7-8,11-12H,1,5-6,9-10H2,2-3H3,(H,22,27)(H,23,28);1-2H3. The molecule has 0 bridgehead atoms. The number of nitrogens with one attached hydrogen (secondary N) is 2. The molecule has 0 aliphatic carbocycles. The number of aromatic nitrogens is 1. The zero-order chi connectivity index (χ0) is 22.7. The molecule has 9 heteroatoms. The minimum atomic E-state index is -0.259. The van der Waals surface area contributed by atoms with Gasteiger partial charge >= 0.3 is 6.03 Å². The number of pyridine rings is 1. The lowest BCUT2D eigenvalue weighted by Crippen LogP contribution is -2.49. The van der Waals surface area contributed by atoms with E-state index in [4.69, 9.17) is 0 Å². The van der Waals surface area contributed by atoms with Gasteiger partial charge in [-0.2, -0.15) is 0 Å². The Morgan fingerprint density at radius 3 is 2.81 bits per heavy atom. The number of anilines is 2. The molecular weight excluding hydrogens is 414 g/mol. The number of hydrogen-bond acceptors (Lipinski definition) is 5. The molecule has 2 aromatic rings. The molecule has 0 radical (unpaired) electrons. The molecule has 2 N–H and O–H groups in total. The van der Waals surface area contributed by atoms with E-state index in [0.717, 1.165) is 23.9 Å². The number of piperidine rings is 1. The quantitative estimate of drug-likeness (QED) is 0.699. The Kier molecular flexibility index (Phi) is 6.94. The van der Waals surface area contributed by atoms with E-state index in [9.17, 15) is 14.4 Å². The highest BCUT2D eigenvalue weighted by Crippen LogP contribution is 2.44. The van der Waals surface area contributed by atoms with Crippen molar-refractivity contribution in [1.82, 2.24) is 15.2 Å². The Labute approximate surface area is 186 Å². The van der Waals surface area contributed by atoms with Crippen LogP contribution in [0, 0.1) is 0 Å². The van der Waals surface area contributed by atoms with Crippen LogP contribution >= 0.6 is 11.3 Å². The molecule has 31 heavy (non-hydrogen) atoms. The predicted molar refractivity (Wildman–Crippen MR) is 125 cm³/mol. The number of carbonyl (C=O) groups is 3. The van der Waals surface area contributed by atoms with Crippen LogP contribution in [-0.2, 0) is 4.79 Å². The topological polar surface area (TPSA) is 94.6 Å². The first-order chi connectivity index (χ1) is 14.9. The molecule has 4 amide bonds. The summed E-state index contributed by atoms with van der Waals surface area (Å²) >= 11 is 1.27. The monoisotopic (exact) mass is 443 g/mol. The minimum Gasteiger partial charge on any atom is -0.347 e. The zero-order valence-corrected chi connectivity index (χ0v) is 19.2. The molecule has 0 spiro atoms. The minimum absolute atomic E-state index is 0.0263. The van der Waals surface area contributed by atoms with Gasteiger partial charge in [0.2, 0.25) is 5.91 Å². The highest BCUT2D eigenvalue weighted by Gasteiger charge is 2.33. The van der Waals surface area contributed by atoms with Crippen LogP contribution in [0.25, 0.3) is 10.2 Å². The number of hydrogen-bond donors (Lipinski definition) is 2. The third kappa shape index (κ3) is 4.27. The van der Waals surface area contributed by atoms with Crippen molar-refractivity contribution in [3.05, 3.63) is 29.8 Å². The number of rotatable bonds is 4. The Hall–Kier alpha value is -2.94. The van der Waals surface area contributed by atoms with Gasteiger partial charge in [-0.1, -0.05) is 20.4 Å². The summed E-state index contributed by atoms with van der Waals surface area (Å²) in [6.07, 6.45) is 4.57. The summed E-state index contributed by atoms with van der Waals surface area (Å²) in [4.78, 5) is 46.5. The molecule has 8 nitrogen and oxygen atoms in total. The molecule has 1 unspecified atom stereocenters. The van der Waals surface area contributed by atoms with E-state index in [1.54, 1.807) is 22.1 Å². The highest BCUT2D eigenvalue weighted by molar-refractivity contribution is 7.21. The van der Waals surface area contributed by atoms with E-state index in [-0.39, 0.29) is 29.9 Å². The summed E-state index contributed by atoms with van der Waals surface area (Å²) in [7, 11) is 0. The van der Waals surface area contributed by atoms with Crippen LogP contribution < -0.4 is 15.5 Å². The smallest absolute Gasteiger partial charge is 0.326 e. The molecule has 0 aromatic carbocycles. The number of thiophene rings is 1. The number of likely N-dealkylation sites (tertiary alicyclic amines) is 1. The third-order valence-corrected chi connectivity index (χ3v) is 6.34. The van der Waals surface area contributed by atoms with E-state index in [1.807, 2.05) is 27.7 Å².